The topological polar surface area (TPSA) is 55.8 Å². The number of aromatic nitrogens is 2. The molecule has 4 rings (SSSR count). The van der Waals surface area contributed by atoms with Gasteiger partial charge in [0.25, 0.3) is 0 Å². The first-order valence-corrected chi connectivity index (χ1v) is 11.4. The fourth-order valence-electron chi connectivity index (χ4n) is 5.38. The maximum absolute atomic E-state index is 13.1. The fourth-order valence-corrected chi connectivity index (χ4v) is 5.38. The first-order chi connectivity index (χ1) is 14.0. The van der Waals surface area contributed by atoms with Gasteiger partial charge in [0.05, 0.1) is 6.20 Å². The van der Waals surface area contributed by atoms with Crippen molar-refractivity contribution >= 4 is 23.4 Å². The Morgan fingerprint density at radius 1 is 1.10 bits per heavy atom. The summed E-state index contributed by atoms with van der Waals surface area (Å²) in [6, 6.07) is 0.786. The second-order valence-corrected chi connectivity index (χ2v) is 8.87. The molecule has 1 saturated carbocycles. The van der Waals surface area contributed by atoms with Crippen LogP contribution in [0.5, 0.6) is 0 Å². The molecular weight excluding hydrogens is 364 g/mol. The first kappa shape index (κ1) is 20.4. The highest BCUT2D eigenvalue weighted by Gasteiger charge is 2.41. The third-order valence-electron chi connectivity index (χ3n) is 7.13. The lowest BCUT2D eigenvalue weighted by molar-refractivity contribution is -0.120. The summed E-state index contributed by atoms with van der Waals surface area (Å²) in [5.41, 5.74) is 0.856. The molecule has 0 bridgehead atoms. The minimum Gasteiger partial charge on any atom is -0.340 e. The van der Waals surface area contributed by atoms with Crippen molar-refractivity contribution in [1.82, 2.24) is 14.9 Å². The Kier molecular flexibility index (Phi) is 5.95. The van der Waals surface area contributed by atoms with Gasteiger partial charge in [-0.25, -0.2) is 4.98 Å². The van der Waals surface area contributed by atoms with Gasteiger partial charge in [-0.3, -0.25) is 4.79 Å². The summed E-state index contributed by atoms with van der Waals surface area (Å²) in [7, 11) is 4.06. The van der Waals surface area contributed by atoms with Gasteiger partial charge >= 0.3 is 0 Å². The predicted octanol–water partition coefficient (Wildman–Crippen LogP) is 2.90. The molecule has 2 fully saturated rings. The van der Waals surface area contributed by atoms with Crippen LogP contribution in [0, 0.1) is 0 Å². The molecular formula is C22H36N6O. The van der Waals surface area contributed by atoms with Gasteiger partial charge < -0.3 is 19.6 Å². The van der Waals surface area contributed by atoms with E-state index in [9.17, 15) is 4.79 Å². The zero-order valence-corrected chi connectivity index (χ0v) is 18.5. The van der Waals surface area contributed by atoms with E-state index in [1.807, 2.05) is 13.2 Å². The number of hydrogen-bond donors (Lipinski definition) is 0. The summed E-state index contributed by atoms with van der Waals surface area (Å²) in [5.74, 6) is 1.95. The number of anilines is 3. The maximum Gasteiger partial charge on any atom is 0.249 e. The Morgan fingerprint density at radius 2 is 1.79 bits per heavy atom. The molecule has 0 N–H and O–H groups in total. The molecule has 1 atom stereocenters. The molecule has 1 amide bonds. The van der Waals surface area contributed by atoms with E-state index in [1.54, 1.807) is 4.90 Å². The molecule has 160 valence electrons. The lowest BCUT2D eigenvalue weighted by atomic mass is 10.0. The number of hydrogen-bond acceptors (Lipinski definition) is 6. The first-order valence-electron chi connectivity index (χ1n) is 11.4. The number of rotatable bonds is 5. The van der Waals surface area contributed by atoms with Crippen LogP contribution in [-0.2, 0) is 4.79 Å². The largest absolute Gasteiger partial charge is 0.340 e. The van der Waals surface area contributed by atoms with Crippen molar-refractivity contribution in [3.63, 3.8) is 0 Å². The van der Waals surface area contributed by atoms with Crippen LogP contribution in [0.1, 0.15) is 58.8 Å². The SMILES string of the molecule is CC[C@@H]1C(=O)N(C)c2cnc(N(CC)C3CCN(C)CC3)nc2N1C1CCCC1. The zero-order valence-electron chi connectivity index (χ0n) is 18.5. The van der Waals surface area contributed by atoms with Crippen molar-refractivity contribution in [2.75, 3.05) is 48.4 Å². The molecule has 7 heteroatoms. The van der Waals surface area contributed by atoms with E-state index >= 15 is 0 Å². The second-order valence-electron chi connectivity index (χ2n) is 8.87. The molecule has 1 saturated heterocycles. The molecule has 0 radical (unpaired) electrons. The average molecular weight is 401 g/mol. The summed E-state index contributed by atoms with van der Waals surface area (Å²) in [5, 5.41) is 0. The van der Waals surface area contributed by atoms with E-state index in [-0.39, 0.29) is 11.9 Å². The van der Waals surface area contributed by atoms with Gasteiger partial charge in [-0.1, -0.05) is 19.8 Å². The number of carbonyl (C=O) groups excluding carboxylic acids is 1. The van der Waals surface area contributed by atoms with Crippen molar-refractivity contribution in [3.8, 4) is 0 Å². The molecule has 7 nitrogen and oxygen atoms in total. The number of piperidine rings is 1. The highest BCUT2D eigenvalue weighted by atomic mass is 16.2. The van der Waals surface area contributed by atoms with Crippen molar-refractivity contribution in [3.05, 3.63) is 6.20 Å². The summed E-state index contributed by atoms with van der Waals surface area (Å²) >= 11 is 0. The van der Waals surface area contributed by atoms with Crippen LogP contribution in [0.2, 0.25) is 0 Å². The summed E-state index contributed by atoms with van der Waals surface area (Å²) in [4.78, 5) is 31.8. The van der Waals surface area contributed by atoms with Crippen LogP contribution < -0.4 is 14.7 Å². The van der Waals surface area contributed by atoms with Crippen LogP contribution in [0.4, 0.5) is 17.5 Å². The Balaban J connectivity index is 1.71. The van der Waals surface area contributed by atoms with Crippen LogP contribution in [0.3, 0.4) is 0 Å². The Morgan fingerprint density at radius 3 is 2.41 bits per heavy atom. The maximum atomic E-state index is 13.1. The molecule has 2 aliphatic heterocycles. The van der Waals surface area contributed by atoms with Crippen molar-refractivity contribution in [2.24, 2.45) is 0 Å². The van der Waals surface area contributed by atoms with E-state index < -0.39 is 0 Å². The lowest BCUT2D eigenvalue weighted by Gasteiger charge is -2.44. The van der Waals surface area contributed by atoms with Crippen LogP contribution in [0.25, 0.3) is 0 Å². The molecule has 3 aliphatic rings. The minimum absolute atomic E-state index is 0.114. The highest BCUT2D eigenvalue weighted by Crippen LogP contribution is 2.40. The van der Waals surface area contributed by atoms with E-state index in [0.29, 0.717) is 12.1 Å². The van der Waals surface area contributed by atoms with Crippen molar-refractivity contribution in [1.29, 1.82) is 0 Å². The third kappa shape index (κ3) is 3.69. The molecule has 1 aromatic heterocycles. The zero-order chi connectivity index (χ0) is 20.5. The molecule has 0 spiro atoms. The van der Waals surface area contributed by atoms with Crippen molar-refractivity contribution < 1.29 is 4.79 Å². The van der Waals surface area contributed by atoms with Crippen molar-refractivity contribution in [2.45, 2.75) is 76.9 Å². The summed E-state index contributed by atoms with van der Waals surface area (Å²) in [6.07, 6.45) is 9.76. The van der Waals surface area contributed by atoms with Crippen LogP contribution in [0.15, 0.2) is 6.20 Å². The summed E-state index contributed by atoms with van der Waals surface area (Å²) < 4.78 is 0. The predicted molar refractivity (Wildman–Crippen MR) is 118 cm³/mol. The standard InChI is InChI=1S/C22H36N6O/c1-5-18-21(29)26(4)19-15-23-22(24-20(19)28(18)17-9-7-8-10-17)27(6-2)16-11-13-25(3)14-12-16/h15-18H,5-14H2,1-4H3/t18-/m1/s1. The summed E-state index contributed by atoms with van der Waals surface area (Å²) in [6.45, 7) is 7.45. The number of carbonyl (C=O) groups is 1. The monoisotopic (exact) mass is 400 g/mol. The molecule has 29 heavy (non-hydrogen) atoms. The van der Waals surface area contributed by atoms with Gasteiger partial charge in [-0.05, 0) is 59.2 Å². The van der Waals surface area contributed by atoms with E-state index in [4.69, 9.17) is 9.97 Å². The Hall–Kier alpha value is -1.89. The van der Waals surface area contributed by atoms with Gasteiger partial charge in [0.15, 0.2) is 5.82 Å². The fraction of sp³-hybridized carbons (Fsp3) is 0.773. The number of fused-ring (bicyclic) bond motifs is 1. The van der Waals surface area contributed by atoms with Gasteiger partial charge in [0.2, 0.25) is 11.9 Å². The van der Waals surface area contributed by atoms with Crippen LogP contribution in [-0.4, -0.2) is 72.6 Å². The third-order valence-corrected chi connectivity index (χ3v) is 7.13. The molecule has 0 unspecified atom stereocenters. The molecule has 1 aromatic rings. The number of likely N-dealkylation sites (tertiary alicyclic amines) is 1. The van der Waals surface area contributed by atoms with E-state index in [2.05, 4.69) is 35.6 Å². The van der Waals surface area contributed by atoms with Gasteiger partial charge in [0.1, 0.15) is 11.7 Å². The number of nitrogens with zero attached hydrogens (tertiary/aromatic N) is 6. The molecule has 1 aliphatic carbocycles. The Labute approximate surface area is 175 Å². The number of amides is 1. The van der Waals surface area contributed by atoms with Gasteiger partial charge in [-0.15, -0.1) is 0 Å². The highest BCUT2D eigenvalue weighted by molar-refractivity contribution is 6.04. The normalized spacial score (nSPS) is 24.3. The molecule has 3 heterocycles. The Bertz CT molecular complexity index is 726. The van der Waals surface area contributed by atoms with Crippen LogP contribution >= 0.6 is 0 Å². The lowest BCUT2D eigenvalue weighted by Crippen LogP contribution is -2.55. The average Bonchev–Trinajstić information content (AvgIpc) is 3.26. The quantitative estimate of drug-likeness (QED) is 0.758. The second kappa shape index (κ2) is 8.46. The van der Waals surface area contributed by atoms with E-state index in [0.717, 1.165) is 69.2 Å². The molecule has 0 aromatic carbocycles. The minimum atomic E-state index is -0.114. The smallest absolute Gasteiger partial charge is 0.249 e. The van der Waals surface area contributed by atoms with Gasteiger partial charge in [-0.2, -0.15) is 4.98 Å². The number of likely N-dealkylation sites (N-methyl/N-ethyl adjacent to an activating group) is 1. The van der Waals surface area contributed by atoms with E-state index in [1.165, 1.54) is 12.8 Å². The van der Waals surface area contributed by atoms with Gasteiger partial charge in [0, 0.05) is 25.7 Å².